The maximum absolute atomic E-state index is 6.01. The number of nitrogens with one attached hydrogen (secondary N) is 2. The maximum Gasteiger partial charge on any atom is 0.229 e. The molecule has 0 saturated heterocycles. The molecule has 0 saturated carbocycles. The van der Waals surface area contributed by atoms with Gasteiger partial charge in [0.25, 0.3) is 0 Å². The van der Waals surface area contributed by atoms with Crippen molar-refractivity contribution in [1.29, 1.82) is 0 Å². The van der Waals surface area contributed by atoms with Crippen LogP contribution in [-0.2, 0) is 0 Å². The van der Waals surface area contributed by atoms with Crippen LogP contribution in [0.1, 0.15) is 25.8 Å². The van der Waals surface area contributed by atoms with Crippen molar-refractivity contribution in [1.82, 2.24) is 9.97 Å². The van der Waals surface area contributed by atoms with Gasteiger partial charge in [-0.3, -0.25) is 0 Å². The number of benzene rings is 1. The molecule has 0 aliphatic rings. The van der Waals surface area contributed by atoms with Crippen LogP contribution >= 0.6 is 11.6 Å². The lowest BCUT2D eigenvalue weighted by Crippen LogP contribution is -2.15. The zero-order valence-electron chi connectivity index (χ0n) is 11.9. The normalized spacial score (nSPS) is 12.0. The van der Waals surface area contributed by atoms with Crippen LogP contribution in [0, 0.1) is 6.92 Å². The lowest BCUT2D eigenvalue weighted by Gasteiger charge is -2.13. The second kappa shape index (κ2) is 6.57. The Hall–Kier alpha value is -1.81. The highest BCUT2D eigenvalue weighted by Gasteiger charge is 2.05. The molecule has 2 N–H and O–H groups in total. The molecule has 2 aromatic rings. The average Bonchev–Trinajstić information content (AvgIpc) is 2.43. The Bertz CT molecular complexity index is 586. The molecule has 1 atom stereocenters. The molecule has 1 aromatic heterocycles. The zero-order valence-corrected chi connectivity index (χ0v) is 12.7. The van der Waals surface area contributed by atoms with E-state index in [1.807, 2.05) is 31.2 Å². The van der Waals surface area contributed by atoms with E-state index < -0.39 is 0 Å². The number of anilines is 3. The summed E-state index contributed by atoms with van der Waals surface area (Å²) in [6, 6.07) is 7.94. The van der Waals surface area contributed by atoms with Gasteiger partial charge in [-0.05, 0) is 44.0 Å². The van der Waals surface area contributed by atoms with Crippen molar-refractivity contribution in [2.24, 2.45) is 0 Å². The minimum Gasteiger partial charge on any atom is -0.367 e. The van der Waals surface area contributed by atoms with E-state index in [2.05, 4.69) is 34.4 Å². The number of rotatable bonds is 5. The van der Waals surface area contributed by atoms with Gasteiger partial charge in [0, 0.05) is 22.9 Å². The van der Waals surface area contributed by atoms with Gasteiger partial charge in [0.1, 0.15) is 5.82 Å². The highest BCUT2D eigenvalue weighted by Crippen LogP contribution is 2.23. The largest absolute Gasteiger partial charge is 0.367 e. The number of hydrogen-bond acceptors (Lipinski definition) is 4. The SMILES string of the molecule is CCC(C)Nc1ccnc(Nc2cc(Cl)ccc2C)n1. The lowest BCUT2D eigenvalue weighted by molar-refractivity contribution is 0.758. The maximum atomic E-state index is 6.01. The van der Waals surface area contributed by atoms with E-state index in [1.54, 1.807) is 6.20 Å². The summed E-state index contributed by atoms with van der Waals surface area (Å²) >= 11 is 6.01. The van der Waals surface area contributed by atoms with E-state index >= 15 is 0 Å². The lowest BCUT2D eigenvalue weighted by atomic mass is 10.2. The first-order chi connectivity index (χ1) is 9.58. The summed E-state index contributed by atoms with van der Waals surface area (Å²) in [5.74, 6) is 1.38. The van der Waals surface area contributed by atoms with Crippen molar-refractivity contribution < 1.29 is 0 Å². The Labute approximate surface area is 124 Å². The third-order valence-corrected chi connectivity index (χ3v) is 3.34. The Morgan fingerprint density at radius 2 is 2.10 bits per heavy atom. The number of aromatic nitrogens is 2. The summed E-state index contributed by atoms with van der Waals surface area (Å²) in [5, 5.41) is 7.21. The van der Waals surface area contributed by atoms with Crippen molar-refractivity contribution >= 4 is 29.1 Å². The van der Waals surface area contributed by atoms with Gasteiger partial charge in [-0.15, -0.1) is 0 Å². The molecule has 0 spiro atoms. The topological polar surface area (TPSA) is 49.8 Å². The van der Waals surface area contributed by atoms with Crippen molar-refractivity contribution in [2.75, 3.05) is 10.6 Å². The molecule has 5 heteroatoms. The Balaban J connectivity index is 2.17. The average molecular weight is 291 g/mol. The van der Waals surface area contributed by atoms with Gasteiger partial charge >= 0.3 is 0 Å². The van der Waals surface area contributed by atoms with Crippen LogP contribution in [0.15, 0.2) is 30.5 Å². The number of aryl methyl sites for hydroxylation is 1. The first-order valence-electron chi connectivity index (χ1n) is 6.71. The molecular formula is C15H19ClN4. The summed E-state index contributed by atoms with van der Waals surface area (Å²) in [6.07, 6.45) is 2.78. The number of hydrogen-bond donors (Lipinski definition) is 2. The van der Waals surface area contributed by atoms with Gasteiger partial charge in [0.2, 0.25) is 5.95 Å². The van der Waals surface area contributed by atoms with Crippen LogP contribution in [0.4, 0.5) is 17.5 Å². The molecule has 106 valence electrons. The van der Waals surface area contributed by atoms with Crippen LogP contribution in [0.2, 0.25) is 5.02 Å². The molecule has 4 nitrogen and oxygen atoms in total. The molecule has 0 aliphatic carbocycles. The van der Waals surface area contributed by atoms with Gasteiger partial charge < -0.3 is 10.6 Å². The van der Waals surface area contributed by atoms with Crippen molar-refractivity contribution in [2.45, 2.75) is 33.2 Å². The predicted molar refractivity (Wildman–Crippen MR) is 84.9 cm³/mol. The van der Waals surface area contributed by atoms with Gasteiger partial charge in [-0.2, -0.15) is 4.98 Å². The first-order valence-corrected chi connectivity index (χ1v) is 7.09. The van der Waals surface area contributed by atoms with E-state index in [1.165, 1.54) is 0 Å². The Kier molecular flexibility index (Phi) is 4.79. The van der Waals surface area contributed by atoms with Crippen molar-refractivity contribution in [3.05, 3.63) is 41.0 Å². The fourth-order valence-electron chi connectivity index (χ4n) is 1.70. The first kappa shape index (κ1) is 14.6. The minimum absolute atomic E-state index is 0.380. The second-order valence-electron chi connectivity index (χ2n) is 4.80. The van der Waals surface area contributed by atoms with E-state index in [-0.39, 0.29) is 0 Å². The molecule has 1 unspecified atom stereocenters. The van der Waals surface area contributed by atoms with E-state index in [9.17, 15) is 0 Å². The highest BCUT2D eigenvalue weighted by molar-refractivity contribution is 6.30. The van der Waals surface area contributed by atoms with Crippen LogP contribution in [-0.4, -0.2) is 16.0 Å². The van der Waals surface area contributed by atoms with Gasteiger partial charge in [0.05, 0.1) is 0 Å². The van der Waals surface area contributed by atoms with Crippen LogP contribution < -0.4 is 10.6 Å². The quantitative estimate of drug-likeness (QED) is 0.857. The van der Waals surface area contributed by atoms with Gasteiger partial charge in [0.15, 0.2) is 0 Å². The van der Waals surface area contributed by atoms with Crippen LogP contribution in [0.3, 0.4) is 0 Å². The highest BCUT2D eigenvalue weighted by atomic mass is 35.5. The van der Waals surface area contributed by atoms with E-state index in [4.69, 9.17) is 11.6 Å². The summed E-state index contributed by atoms with van der Waals surface area (Å²) in [7, 11) is 0. The summed E-state index contributed by atoms with van der Waals surface area (Å²) in [5.41, 5.74) is 2.01. The van der Waals surface area contributed by atoms with Crippen molar-refractivity contribution in [3.63, 3.8) is 0 Å². The third kappa shape index (κ3) is 3.84. The Morgan fingerprint density at radius 3 is 2.85 bits per heavy atom. The van der Waals surface area contributed by atoms with Crippen molar-refractivity contribution in [3.8, 4) is 0 Å². The Morgan fingerprint density at radius 1 is 1.30 bits per heavy atom. The molecule has 0 aliphatic heterocycles. The number of halogens is 1. The molecule has 20 heavy (non-hydrogen) atoms. The van der Waals surface area contributed by atoms with Crippen LogP contribution in [0.5, 0.6) is 0 Å². The molecule has 1 heterocycles. The summed E-state index contributed by atoms with van der Waals surface area (Å²) in [4.78, 5) is 8.68. The minimum atomic E-state index is 0.380. The molecule has 2 rings (SSSR count). The molecule has 0 amide bonds. The smallest absolute Gasteiger partial charge is 0.229 e. The zero-order chi connectivity index (χ0) is 14.5. The fraction of sp³-hybridized carbons (Fsp3) is 0.333. The molecule has 0 bridgehead atoms. The summed E-state index contributed by atoms with van der Waals surface area (Å²) in [6.45, 7) is 6.27. The standard InChI is InChI=1S/C15H19ClN4/c1-4-11(3)18-14-7-8-17-15(20-14)19-13-9-12(16)6-5-10(13)2/h5-9,11H,4H2,1-3H3,(H2,17,18,19,20). The van der Waals surface area contributed by atoms with Gasteiger partial charge in [-0.25, -0.2) is 4.98 Å². The van der Waals surface area contributed by atoms with E-state index in [0.717, 1.165) is 23.5 Å². The molecule has 1 aromatic carbocycles. The van der Waals surface area contributed by atoms with Gasteiger partial charge in [-0.1, -0.05) is 24.6 Å². The number of nitrogens with zero attached hydrogens (tertiary/aromatic N) is 2. The third-order valence-electron chi connectivity index (χ3n) is 3.11. The molecular weight excluding hydrogens is 272 g/mol. The molecule has 0 fully saturated rings. The van der Waals surface area contributed by atoms with Crippen LogP contribution in [0.25, 0.3) is 0 Å². The second-order valence-corrected chi connectivity index (χ2v) is 5.24. The monoisotopic (exact) mass is 290 g/mol. The predicted octanol–water partition coefficient (Wildman–Crippen LogP) is 4.39. The molecule has 0 radical (unpaired) electrons. The summed E-state index contributed by atoms with van der Waals surface area (Å²) < 4.78 is 0. The fourth-order valence-corrected chi connectivity index (χ4v) is 1.88. The van der Waals surface area contributed by atoms with E-state index in [0.29, 0.717) is 17.0 Å².